The molecule has 2 N–H and O–H groups in total. The summed E-state index contributed by atoms with van der Waals surface area (Å²) in [4.78, 5) is 11.1. The van der Waals surface area contributed by atoms with Gasteiger partial charge in [-0.25, -0.2) is 0 Å². The molecule has 9 heteroatoms. The van der Waals surface area contributed by atoms with Gasteiger partial charge in [0.25, 0.3) is 0 Å². The van der Waals surface area contributed by atoms with E-state index in [4.69, 9.17) is 54.1 Å². The normalized spacial score (nSPS) is 13.4. The third kappa shape index (κ3) is 7.15. The standard InChI is InChI=1S/C23H27Cl3O6/c1-14(28)32-19(10-24)13-31-22-20(25)8-16(9-21(22)26)23(2,3)15-4-6-18(7-5-15)30-12-17(29)11-27/h4-9,17,19,27,29H,10-13H2,1-3H3/t17-,19-/m0/s1. The second-order valence-electron chi connectivity index (χ2n) is 7.76. The van der Waals surface area contributed by atoms with Crippen molar-refractivity contribution in [3.05, 3.63) is 57.6 Å². The quantitative estimate of drug-likeness (QED) is 0.343. The van der Waals surface area contributed by atoms with Crippen molar-refractivity contribution in [2.45, 2.75) is 38.4 Å². The van der Waals surface area contributed by atoms with E-state index in [1.807, 2.05) is 26.0 Å². The average molecular weight is 506 g/mol. The van der Waals surface area contributed by atoms with Crippen LogP contribution in [-0.4, -0.2) is 54.1 Å². The number of alkyl halides is 1. The first-order valence-corrected chi connectivity index (χ1v) is 11.2. The fraction of sp³-hybridized carbons (Fsp3) is 0.435. The Morgan fingerprint density at radius 2 is 1.62 bits per heavy atom. The van der Waals surface area contributed by atoms with Crippen molar-refractivity contribution in [2.24, 2.45) is 0 Å². The lowest BCUT2D eigenvalue weighted by atomic mass is 9.78. The molecular weight excluding hydrogens is 479 g/mol. The summed E-state index contributed by atoms with van der Waals surface area (Å²) in [7, 11) is 0. The Balaban J connectivity index is 2.17. The van der Waals surface area contributed by atoms with Crippen molar-refractivity contribution in [1.29, 1.82) is 0 Å². The summed E-state index contributed by atoms with van der Waals surface area (Å²) in [5, 5.41) is 18.9. The summed E-state index contributed by atoms with van der Waals surface area (Å²) in [6, 6.07) is 11.0. The minimum Gasteiger partial charge on any atom is -0.491 e. The van der Waals surface area contributed by atoms with Crippen LogP contribution in [0, 0.1) is 0 Å². The molecule has 0 aliphatic rings. The predicted octanol–water partition coefficient (Wildman–Crippen LogP) is 4.60. The van der Waals surface area contributed by atoms with Crippen molar-refractivity contribution >= 4 is 40.8 Å². The minimum atomic E-state index is -0.926. The molecule has 0 aliphatic carbocycles. The molecular formula is C23H27Cl3O6. The van der Waals surface area contributed by atoms with Gasteiger partial charge in [0.15, 0.2) is 5.75 Å². The van der Waals surface area contributed by atoms with Crippen molar-refractivity contribution in [3.8, 4) is 11.5 Å². The molecule has 0 saturated carbocycles. The van der Waals surface area contributed by atoms with E-state index in [2.05, 4.69) is 0 Å². The van der Waals surface area contributed by atoms with Crippen LogP contribution in [-0.2, 0) is 14.9 Å². The molecule has 0 bridgehead atoms. The summed E-state index contributed by atoms with van der Waals surface area (Å²) in [6.07, 6.45) is -1.54. The Morgan fingerprint density at radius 3 is 2.12 bits per heavy atom. The number of halogens is 3. The molecule has 2 aromatic carbocycles. The van der Waals surface area contributed by atoms with Crippen LogP contribution in [0.5, 0.6) is 11.5 Å². The Labute approximate surface area is 203 Å². The van der Waals surface area contributed by atoms with Crippen LogP contribution >= 0.6 is 34.8 Å². The van der Waals surface area contributed by atoms with Gasteiger partial charge in [0.2, 0.25) is 0 Å². The van der Waals surface area contributed by atoms with Gasteiger partial charge in [-0.1, -0.05) is 49.2 Å². The Hall–Kier alpha value is -1.70. The molecule has 0 unspecified atom stereocenters. The highest BCUT2D eigenvalue weighted by Gasteiger charge is 2.26. The maximum absolute atomic E-state index is 11.1. The summed E-state index contributed by atoms with van der Waals surface area (Å²) >= 11 is 18.7. The third-order valence-corrected chi connectivity index (χ3v) is 5.77. The van der Waals surface area contributed by atoms with Crippen LogP contribution in [0.15, 0.2) is 36.4 Å². The lowest BCUT2D eigenvalue weighted by Crippen LogP contribution is -2.26. The Bertz CT molecular complexity index is 878. The summed E-state index contributed by atoms with van der Waals surface area (Å²) in [5.41, 5.74) is 1.43. The number of hydrogen-bond acceptors (Lipinski definition) is 6. The van der Waals surface area contributed by atoms with Crippen LogP contribution < -0.4 is 9.47 Å². The third-order valence-electron chi connectivity index (χ3n) is 4.87. The van der Waals surface area contributed by atoms with Crippen molar-refractivity contribution < 1.29 is 29.2 Å². The van der Waals surface area contributed by atoms with Gasteiger partial charge < -0.3 is 24.4 Å². The number of esters is 1. The fourth-order valence-electron chi connectivity index (χ4n) is 2.96. The van der Waals surface area contributed by atoms with Gasteiger partial charge in [0.05, 0.1) is 22.5 Å². The SMILES string of the molecule is CC(=O)O[C@@H](CCl)COc1c(Cl)cc(C(C)(C)c2ccc(OC[C@@H](O)CO)cc2)cc1Cl. The van der Waals surface area contributed by atoms with Crippen LogP contribution in [0.1, 0.15) is 31.9 Å². The van der Waals surface area contributed by atoms with Crippen LogP contribution in [0.3, 0.4) is 0 Å². The summed E-state index contributed by atoms with van der Waals surface area (Å²) in [6.45, 7) is 5.04. The zero-order valence-electron chi connectivity index (χ0n) is 18.1. The molecule has 0 heterocycles. The summed E-state index contributed by atoms with van der Waals surface area (Å²) < 4.78 is 16.2. The first-order chi connectivity index (χ1) is 15.1. The highest BCUT2D eigenvalue weighted by Crippen LogP contribution is 2.40. The Morgan fingerprint density at radius 1 is 1.03 bits per heavy atom. The molecule has 0 aromatic heterocycles. The molecule has 2 aromatic rings. The molecule has 2 atom stereocenters. The maximum Gasteiger partial charge on any atom is 0.303 e. The molecule has 176 valence electrons. The summed E-state index contributed by atoms with van der Waals surface area (Å²) in [5.74, 6) is 0.507. The zero-order valence-corrected chi connectivity index (χ0v) is 20.4. The van der Waals surface area contributed by atoms with Crippen LogP contribution in [0.4, 0.5) is 0 Å². The zero-order chi connectivity index (χ0) is 23.9. The van der Waals surface area contributed by atoms with Crippen LogP contribution in [0.2, 0.25) is 10.0 Å². The van der Waals surface area contributed by atoms with Crippen molar-refractivity contribution in [2.75, 3.05) is 25.7 Å². The van der Waals surface area contributed by atoms with E-state index in [1.54, 1.807) is 24.3 Å². The number of aliphatic hydroxyl groups excluding tert-OH is 2. The molecule has 6 nitrogen and oxygen atoms in total. The number of ether oxygens (including phenoxy) is 3. The largest absolute Gasteiger partial charge is 0.491 e. The first kappa shape index (κ1) is 26.6. The number of carbonyl (C=O) groups is 1. The second-order valence-corrected chi connectivity index (χ2v) is 8.89. The average Bonchev–Trinajstić information content (AvgIpc) is 2.75. The second kappa shape index (κ2) is 12.0. The van der Waals surface area contributed by atoms with Gasteiger partial charge in [-0.15, -0.1) is 11.6 Å². The number of rotatable bonds is 11. The molecule has 0 amide bonds. The van der Waals surface area contributed by atoms with Crippen molar-refractivity contribution in [1.82, 2.24) is 0 Å². The van der Waals surface area contributed by atoms with Gasteiger partial charge in [-0.05, 0) is 35.4 Å². The highest BCUT2D eigenvalue weighted by atomic mass is 35.5. The van der Waals surface area contributed by atoms with E-state index in [-0.39, 0.29) is 25.7 Å². The monoisotopic (exact) mass is 504 g/mol. The predicted molar refractivity (Wildman–Crippen MR) is 125 cm³/mol. The van der Waals surface area contributed by atoms with Crippen LogP contribution in [0.25, 0.3) is 0 Å². The fourth-order valence-corrected chi connectivity index (χ4v) is 3.71. The number of aliphatic hydroxyl groups is 2. The molecule has 0 fully saturated rings. The van der Waals surface area contributed by atoms with E-state index in [0.717, 1.165) is 11.1 Å². The van der Waals surface area contributed by atoms with E-state index < -0.39 is 23.6 Å². The van der Waals surface area contributed by atoms with E-state index in [1.165, 1.54) is 6.92 Å². The lowest BCUT2D eigenvalue weighted by Gasteiger charge is -2.27. The Kier molecular flexibility index (Phi) is 9.92. The number of carbonyl (C=O) groups excluding carboxylic acids is 1. The van der Waals surface area contributed by atoms with Gasteiger partial charge in [0.1, 0.15) is 31.2 Å². The molecule has 0 radical (unpaired) electrons. The van der Waals surface area contributed by atoms with Gasteiger partial charge in [0, 0.05) is 12.3 Å². The molecule has 0 saturated heterocycles. The highest BCUT2D eigenvalue weighted by molar-refractivity contribution is 6.37. The van der Waals surface area contributed by atoms with Gasteiger partial charge in [-0.2, -0.15) is 0 Å². The van der Waals surface area contributed by atoms with Gasteiger partial charge in [-0.3, -0.25) is 4.79 Å². The molecule has 0 aliphatic heterocycles. The minimum absolute atomic E-state index is 0.00789. The lowest BCUT2D eigenvalue weighted by molar-refractivity contribution is -0.146. The number of benzene rings is 2. The first-order valence-electron chi connectivity index (χ1n) is 9.96. The number of hydrogen-bond donors (Lipinski definition) is 2. The maximum atomic E-state index is 11.1. The van der Waals surface area contributed by atoms with E-state index in [0.29, 0.717) is 21.5 Å². The van der Waals surface area contributed by atoms with E-state index in [9.17, 15) is 9.90 Å². The van der Waals surface area contributed by atoms with E-state index >= 15 is 0 Å². The van der Waals surface area contributed by atoms with Crippen molar-refractivity contribution in [3.63, 3.8) is 0 Å². The van der Waals surface area contributed by atoms with Gasteiger partial charge >= 0.3 is 5.97 Å². The topological polar surface area (TPSA) is 85.2 Å². The molecule has 0 spiro atoms. The molecule has 2 rings (SSSR count). The smallest absolute Gasteiger partial charge is 0.303 e. The molecule has 32 heavy (non-hydrogen) atoms.